The molecule has 5 heteroatoms. The summed E-state index contributed by atoms with van der Waals surface area (Å²) < 4.78 is 5.67. The van der Waals surface area contributed by atoms with Gasteiger partial charge in [0.1, 0.15) is 12.4 Å². The second-order valence-electron chi connectivity index (χ2n) is 7.87. The highest BCUT2D eigenvalue weighted by Crippen LogP contribution is 2.32. The van der Waals surface area contributed by atoms with Gasteiger partial charge in [-0.2, -0.15) is 0 Å². The third-order valence-corrected chi connectivity index (χ3v) is 5.43. The maximum absolute atomic E-state index is 12.6. The van der Waals surface area contributed by atoms with E-state index in [0.29, 0.717) is 4.91 Å². The first kappa shape index (κ1) is 20.2. The summed E-state index contributed by atoms with van der Waals surface area (Å²) >= 11 is 0.978. The number of amides is 2. The quantitative estimate of drug-likeness (QED) is 0.635. The van der Waals surface area contributed by atoms with Crippen molar-refractivity contribution in [2.24, 2.45) is 0 Å². The molecule has 2 aromatic rings. The van der Waals surface area contributed by atoms with Crippen LogP contribution in [-0.4, -0.2) is 29.2 Å². The molecule has 3 rings (SSSR count). The summed E-state index contributed by atoms with van der Waals surface area (Å²) in [5.41, 5.74) is 3.32. The molecule has 28 heavy (non-hydrogen) atoms. The molecule has 146 valence electrons. The lowest BCUT2D eigenvalue weighted by molar-refractivity contribution is -0.123. The van der Waals surface area contributed by atoms with Gasteiger partial charge in [-0.25, -0.2) is 0 Å². The largest absolute Gasteiger partial charge is 0.492 e. The van der Waals surface area contributed by atoms with Crippen molar-refractivity contribution in [2.45, 2.75) is 33.1 Å². The van der Waals surface area contributed by atoms with Crippen LogP contribution in [0.2, 0.25) is 0 Å². The maximum Gasteiger partial charge on any atom is 0.293 e. The van der Waals surface area contributed by atoms with Gasteiger partial charge in [0.15, 0.2) is 0 Å². The number of rotatable bonds is 5. The fourth-order valence-corrected chi connectivity index (χ4v) is 3.75. The second-order valence-corrected chi connectivity index (χ2v) is 8.86. The number of nitrogens with zero attached hydrogens (tertiary/aromatic N) is 1. The number of imide groups is 1. The highest BCUT2D eigenvalue weighted by Gasteiger charge is 2.34. The minimum atomic E-state index is -0.261. The number of ether oxygens (including phenoxy) is 1. The molecule has 0 aliphatic carbocycles. The van der Waals surface area contributed by atoms with Crippen LogP contribution in [-0.2, 0) is 10.2 Å². The summed E-state index contributed by atoms with van der Waals surface area (Å²) in [5.74, 6) is 0.476. The Balaban J connectivity index is 1.63. The molecule has 0 aromatic heterocycles. The van der Waals surface area contributed by atoms with Gasteiger partial charge in [0.05, 0.1) is 11.4 Å². The molecule has 0 bridgehead atoms. The zero-order valence-corrected chi connectivity index (χ0v) is 17.5. The minimum absolute atomic E-state index is 0.0770. The predicted octanol–water partition coefficient (Wildman–Crippen LogP) is 5.41. The van der Waals surface area contributed by atoms with E-state index in [1.807, 2.05) is 43.3 Å². The Kier molecular flexibility index (Phi) is 5.94. The van der Waals surface area contributed by atoms with E-state index < -0.39 is 0 Å². The van der Waals surface area contributed by atoms with Crippen molar-refractivity contribution < 1.29 is 14.3 Å². The van der Waals surface area contributed by atoms with Crippen molar-refractivity contribution in [1.29, 1.82) is 0 Å². The number of thioether (sulfide) groups is 1. The molecular weight excluding hydrogens is 370 g/mol. The molecule has 1 heterocycles. The molecule has 1 fully saturated rings. The molecule has 0 spiro atoms. The fraction of sp³-hybridized carbons (Fsp3) is 0.304. The van der Waals surface area contributed by atoms with E-state index in [0.717, 1.165) is 28.6 Å². The van der Waals surface area contributed by atoms with Crippen molar-refractivity contribution in [3.63, 3.8) is 0 Å². The third kappa shape index (κ3) is 4.84. The zero-order valence-electron chi connectivity index (χ0n) is 16.7. The van der Waals surface area contributed by atoms with Crippen LogP contribution < -0.4 is 4.74 Å². The monoisotopic (exact) mass is 395 g/mol. The fourth-order valence-electron chi connectivity index (χ4n) is 2.88. The number of hydrogen-bond donors (Lipinski definition) is 0. The van der Waals surface area contributed by atoms with Crippen molar-refractivity contribution in [3.05, 3.63) is 70.1 Å². The van der Waals surface area contributed by atoms with Crippen LogP contribution in [0.15, 0.2) is 53.4 Å². The average Bonchev–Trinajstić information content (AvgIpc) is 2.89. The molecule has 0 atom stereocenters. The molecule has 1 aliphatic rings. The first-order valence-electron chi connectivity index (χ1n) is 9.29. The first-order valence-corrected chi connectivity index (χ1v) is 10.1. The molecule has 4 nitrogen and oxygen atoms in total. The van der Waals surface area contributed by atoms with Crippen molar-refractivity contribution in [3.8, 4) is 5.75 Å². The van der Waals surface area contributed by atoms with Crippen molar-refractivity contribution >= 4 is 29.0 Å². The van der Waals surface area contributed by atoms with Gasteiger partial charge in [-0.3, -0.25) is 14.5 Å². The van der Waals surface area contributed by atoms with Crippen LogP contribution in [0.4, 0.5) is 4.79 Å². The van der Waals surface area contributed by atoms with Gasteiger partial charge in [0.25, 0.3) is 11.1 Å². The van der Waals surface area contributed by atoms with E-state index >= 15 is 0 Å². The molecule has 2 aromatic carbocycles. The van der Waals surface area contributed by atoms with Crippen LogP contribution in [0.5, 0.6) is 5.75 Å². The van der Waals surface area contributed by atoms with E-state index in [9.17, 15) is 9.59 Å². The van der Waals surface area contributed by atoms with Crippen molar-refractivity contribution in [2.75, 3.05) is 13.2 Å². The SMILES string of the molecule is Cc1cccc(OCCN2C(=O)S/C(=C\c3ccc(C(C)(C)C)cc3)C2=O)c1. The maximum atomic E-state index is 12.6. The molecule has 1 aliphatic heterocycles. The smallest absolute Gasteiger partial charge is 0.293 e. The second kappa shape index (κ2) is 8.23. The summed E-state index contributed by atoms with van der Waals surface area (Å²) in [4.78, 5) is 26.5. The van der Waals surface area contributed by atoms with Crippen LogP contribution in [0.3, 0.4) is 0 Å². The summed E-state index contributed by atoms with van der Waals surface area (Å²) in [6, 6.07) is 15.8. The van der Waals surface area contributed by atoms with E-state index in [1.54, 1.807) is 6.08 Å². The Morgan fingerprint density at radius 3 is 2.43 bits per heavy atom. The summed E-state index contributed by atoms with van der Waals surface area (Å²) in [6.07, 6.45) is 1.78. The van der Waals surface area contributed by atoms with E-state index in [4.69, 9.17) is 4.74 Å². The van der Waals surface area contributed by atoms with Gasteiger partial charge in [-0.15, -0.1) is 0 Å². The number of hydrogen-bond acceptors (Lipinski definition) is 4. The zero-order chi connectivity index (χ0) is 20.3. The van der Waals surface area contributed by atoms with Gasteiger partial charge < -0.3 is 4.74 Å². The Labute approximate surface area is 170 Å². The molecule has 2 amide bonds. The van der Waals surface area contributed by atoms with E-state index in [-0.39, 0.29) is 29.7 Å². The van der Waals surface area contributed by atoms with Crippen LogP contribution >= 0.6 is 11.8 Å². The molecular formula is C23H25NO3S. The summed E-state index contributed by atoms with van der Waals surface area (Å²) in [5, 5.41) is -0.254. The van der Waals surface area contributed by atoms with Crippen LogP contribution in [0.25, 0.3) is 6.08 Å². The van der Waals surface area contributed by atoms with Gasteiger partial charge in [0.2, 0.25) is 0 Å². The highest BCUT2D eigenvalue weighted by atomic mass is 32.2. The molecule has 0 N–H and O–H groups in total. The number of benzene rings is 2. The van der Waals surface area contributed by atoms with Gasteiger partial charge in [-0.1, -0.05) is 57.2 Å². The van der Waals surface area contributed by atoms with Gasteiger partial charge in [0, 0.05) is 0 Å². The summed E-state index contributed by atoms with van der Waals surface area (Å²) in [6.45, 7) is 8.97. The standard InChI is InChI=1S/C23H25NO3S/c1-16-6-5-7-19(14-16)27-13-12-24-21(25)20(28-22(24)26)15-17-8-10-18(11-9-17)23(2,3)4/h5-11,14-15H,12-13H2,1-4H3/b20-15-. The third-order valence-electron chi connectivity index (χ3n) is 4.52. The Hall–Kier alpha value is -2.53. The first-order chi connectivity index (χ1) is 13.2. The number of carbonyl (C=O) groups excluding carboxylic acids is 2. The topological polar surface area (TPSA) is 46.6 Å². The normalized spacial score (nSPS) is 16.1. The Morgan fingerprint density at radius 2 is 1.79 bits per heavy atom. The molecule has 0 unspecified atom stereocenters. The lowest BCUT2D eigenvalue weighted by Crippen LogP contribution is -2.32. The average molecular weight is 396 g/mol. The Morgan fingerprint density at radius 1 is 1.07 bits per heavy atom. The molecule has 0 radical (unpaired) electrons. The molecule has 0 saturated carbocycles. The highest BCUT2D eigenvalue weighted by molar-refractivity contribution is 8.18. The van der Waals surface area contributed by atoms with Gasteiger partial charge >= 0.3 is 0 Å². The van der Waals surface area contributed by atoms with Crippen LogP contribution in [0.1, 0.15) is 37.5 Å². The minimum Gasteiger partial charge on any atom is -0.492 e. The molecule has 1 saturated heterocycles. The number of aryl methyl sites for hydroxylation is 1. The van der Waals surface area contributed by atoms with E-state index in [2.05, 4.69) is 32.9 Å². The lowest BCUT2D eigenvalue weighted by Gasteiger charge is -2.18. The number of carbonyl (C=O) groups is 2. The Bertz CT molecular complexity index is 910. The predicted molar refractivity (Wildman–Crippen MR) is 114 cm³/mol. The lowest BCUT2D eigenvalue weighted by atomic mass is 9.87. The van der Waals surface area contributed by atoms with Gasteiger partial charge in [-0.05, 0) is 59.0 Å². The van der Waals surface area contributed by atoms with Crippen molar-refractivity contribution in [1.82, 2.24) is 4.90 Å². The van der Waals surface area contributed by atoms with E-state index in [1.165, 1.54) is 10.5 Å². The van der Waals surface area contributed by atoms with Crippen LogP contribution in [0, 0.1) is 6.92 Å². The summed E-state index contributed by atoms with van der Waals surface area (Å²) in [7, 11) is 0.